The Labute approximate surface area is 112 Å². The predicted octanol–water partition coefficient (Wildman–Crippen LogP) is 3.34. The van der Waals surface area contributed by atoms with Crippen molar-refractivity contribution < 1.29 is 9.50 Å². The van der Waals surface area contributed by atoms with Gasteiger partial charge in [0.1, 0.15) is 11.6 Å². The molecule has 0 saturated carbocycles. The van der Waals surface area contributed by atoms with Crippen LogP contribution < -0.4 is 5.32 Å². The van der Waals surface area contributed by atoms with E-state index in [1.807, 2.05) is 26.0 Å². The van der Waals surface area contributed by atoms with Crippen LogP contribution in [0.5, 0.6) is 5.75 Å². The maximum Gasteiger partial charge on any atom is 0.131 e. The number of phenols is 1. The summed E-state index contributed by atoms with van der Waals surface area (Å²) in [5.41, 5.74) is 1.64. The van der Waals surface area contributed by atoms with Gasteiger partial charge in [0.25, 0.3) is 0 Å². The van der Waals surface area contributed by atoms with E-state index in [1.165, 1.54) is 6.07 Å². The van der Waals surface area contributed by atoms with Gasteiger partial charge < -0.3 is 10.4 Å². The van der Waals surface area contributed by atoms with Gasteiger partial charge in [0.15, 0.2) is 0 Å². The fourth-order valence-electron chi connectivity index (χ4n) is 2.08. The van der Waals surface area contributed by atoms with E-state index >= 15 is 0 Å². The van der Waals surface area contributed by atoms with Crippen LogP contribution in [0.2, 0.25) is 0 Å². The normalized spacial score (nSPS) is 14.1. The number of pyridine rings is 1. The first-order valence-corrected chi connectivity index (χ1v) is 6.22. The van der Waals surface area contributed by atoms with E-state index in [0.717, 1.165) is 11.6 Å². The summed E-state index contributed by atoms with van der Waals surface area (Å²) >= 11 is 0. The van der Waals surface area contributed by atoms with Crippen molar-refractivity contribution >= 4 is 0 Å². The molecule has 100 valence electrons. The Bertz CT molecular complexity index is 545. The zero-order valence-corrected chi connectivity index (χ0v) is 11.0. The molecule has 19 heavy (non-hydrogen) atoms. The molecule has 2 unspecified atom stereocenters. The minimum atomic E-state index is -0.401. The number of nitrogens with zero attached hydrogens (tertiary/aromatic N) is 1. The van der Waals surface area contributed by atoms with Crippen molar-refractivity contribution in [2.75, 3.05) is 0 Å². The number of hydrogen-bond acceptors (Lipinski definition) is 3. The van der Waals surface area contributed by atoms with Gasteiger partial charge in [-0.2, -0.15) is 0 Å². The fourth-order valence-corrected chi connectivity index (χ4v) is 2.08. The number of aromatic nitrogens is 1. The third-order valence-electron chi connectivity index (χ3n) is 3.16. The molecular formula is C15H17FN2O. The zero-order chi connectivity index (χ0) is 13.8. The van der Waals surface area contributed by atoms with E-state index in [-0.39, 0.29) is 17.8 Å². The molecule has 0 amide bonds. The van der Waals surface area contributed by atoms with Gasteiger partial charge in [-0.3, -0.25) is 4.98 Å². The molecule has 1 heterocycles. The molecule has 4 heteroatoms. The highest BCUT2D eigenvalue weighted by molar-refractivity contribution is 5.30. The van der Waals surface area contributed by atoms with Crippen LogP contribution in [0.25, 0.3) is 0 Å². The highest BCUT2D eigenvalue weighted by atomic mass is 19.1. The lowest BCUT2D eigenvalue weighted by Gasteiger charge is -2.21. The summed E-state index contributed by atoms with van der Waals surface area (Å²) in [6.07, 6.45) is 3.47. The highest BCUT2D eigenvalue weighted by Crippen LogP contribution is 2.23. The molecule has 2 N–H and O–H groups in total. The van der Waals surface area contributed by atoms with Crippen molar-refractivity contribution in [2.24, 2.45) is 0 Å². The molecule has 1 aromatic carbocycles. The number of halogens is 1. The first-order chi connectivity index (χ1) is 9.08. The number of phenolic OH excluding ortho intramolecular Hbond substituents is 1. The SMILES string of the molecule is CC(NC(C)c1ccc(O)cc1F)c1ccncc1. The van der Waals surface area contributed by atoms with Crippen molar-refractivity contribution in [2.45, 2.75) is 25.9 Å². The predicted molar refractivity (Wildman–Crippen MR) is 72.3 cm³/mol. The zero-order valence-electron chi connectivity index (χ0n) is 11.0. The van der Waals surface area contributed by atoms with Crippen LogP contribution in [0.15, 0.2) is 42.7 Å². The summed E-state index contributed by atoms with van der Waals surface area (Å²) in [4.78, 5) is 3.97. The summed E-state index contributed by atoms with van der Waals surface area (Å²) in [5, 5.41) is 12.5. The summed E-state index contributed by atoms with van der Waals surface area (Å²) in [6.45, 7) is 3.91. The van der Waals surface area contributed by atoms with Crippen LogP contribution in [0.1, 0.15) is 37.1 Å². The quantitative estimate of drug-likeness (QED) is 0.886. The highest BCUT2D eigenvalue weighted by Gasteiger charge is 2.14. The number of aromatic hydroxyl groups is 1. The minimum Gasteiger partial charge on any atom is -0.508 e. The minimum absolute atomic E-state index is 0.0596. The van der Waals surface area contributed by atoms with Gasteiger partial charge in [-0.05, 0) is 37.6 Å². The summed E-state index contributed by atoms with van der Waals surface area (Å²) in [7, 11) is 0. The molecular weight excluding hydrogens is 243 g/mol. The Morgan fingerprint density at radius 2 is 1.79 bits per heavy atom. The maximum absolute atomic E-state index is 13.7. The molecule has 0 radical (unpaired) electrons. The molecule has 0 spiro atoms. The summed E-state index contributed by atoms with van der Waals surface area (Å²) < 4.78 is 13.7. The van der Waals surface area contributed by atoms with E-state index in [0.29, 0.717) is 5.56 Å². The number of benzene rings is 1. The molecule has 0 bridgehead atoms. The number of hydrogen-bond donors (Lipinski definition) is 2. The smallest absolute Gasteiger partial charge is 0.131 e. The largest absolute Gasteiger partial charge is 0.508 e. The maximum atomic E-state index is 13.7. The monoisotopic (exact) mass is 260 g/mol. The number of rotatable bonds is 4. The van der Waals surface area contributed by atoms with Gasteiger partial charge >= 0.3 is 0 Å². The molecule has 0 aliphatic heterocycles. The molecule has 2 rings (SSSR count). The standard InChI is InChI=1S/C15H17FN2O/c1-10(12-5-7-17-8-6-12)18-11(2)14-4-3-13(19)9-15(14)16/h3-11,18-19H,1-2H3. The summed E-state index contributed by atoms with van der Waals surface area (Å²) in [5.74, 6) is -0.461. The molecule has 0 aliphatic rings. The van der Waals surface area contributed by atoms with Crippen LogP contribution >= 0.6 is 0 Å². The Morgan fingerprint density at radius 1 is 1.11 bits per heavy atom. The van der Waals surface area contributed by atoms with Crippen LogP contribution in [0.4, 0.5) is 4.39 Å². The van der Waals surface area contributed by atoms with Gasteiger partial charge in [0.05, 0.1) is 0 Å². The summed E-state index contributed by atoms with van der Waals surface area (Å²) in [6, 6.07) is 8.02. The molecule has 0 aliphatic carbocycles. The molecule has 1 aromatic heterocycles. The average Bonchev–Trinajstić information content (AvgIpc) is 2.39. The fraction of sp³-hybridized carbons (Fsp3) is 0.267. The second-order valence-electron chi connectivity index (χ2n) is 4.60. The van der Waals surface area contributed by atoms with Gasteiger partial charge in [-0.15, -0.1) is 0 Å². The van der Waals surface area contributed by atoms with Crippen molar-refractivity contribution in [1.29, 1.82) is 0 Å². The lowest BCUT2D eigenvalue weighted by Crippen LogP contribution is -2.23. The van der Waals surface area contributed by atoms with Crippen molar-refractivity contribution in [1.82, 2.24) is 10.3 Å². The molecule has 0 fully saturated rings. The second-order valence-corrected chi connectivity index (χ2v) is 4.60. The van der Waals surface area contributed by atoms with E-state index in [4.69, 9.17) is 0 Å². The van der Waals surface area contributed by atoms with E-state index in [1.54, 1.807) is 18.5 Å². The molecule has 2 atom stereocenters. The van der Waals surface area contributed by atoms with Crippen molar-refractivity contribution in [3.63, 3.8) is 0 Å². The average molecular weight is 260 g/mol. The van der Waals surface area contributed by atoms with E-state index in [2.05, 4.69) is 10.3 Å². The third kappa shape index (κ3) is 3.29. The Balaban J connectivity index is 2.10. The topological polar surface area (TPSA) is 45.1 Å². The van der Waals surface area contributed by atoms with Crippen LogP contribution in [-0.2, 0) is 0 Å². The Hall–Kier alpha value is -1.94. The lowest BCUT2D eigenvalue weighted by atomic mass is 10.0. The molecule has 2 aromatic rings. The van der Waals surface area contributed by atoms with Crippen LogP contribution in [0.3, 0.4) is 0 Å². The van der Waals surface area contributed by atoms with E-state index in [9.17, 15) is 9.50 Å². The van der Waals surface area contributed by atoms with Gasteiger partial charge in [0.2, 0.25) is 0 Å². The van der Waals surface area contributed by atoms with Crippen molar-refractivity contribution in [3.05, 3.63) is 59.7 Å². The van der Waals surface area contributed by atoms with Crippen LogP contribution in [0, 0.1) is 5.82 Å². The van der Waals surface area contributed by atoms with Crippen LogP contribution in [-0.4, -0.2) is 10.1 Å². The second kappa shape index (κ2) is 5.80. The van der Waals surface area contributed by atoms with Gasteiger partial charge in [-0.25, -0.2) is 4.39 Å². The van der Waals surface area contributed by atoms with Crippen molar-refractivity contribution in [3.8, 4) is 5.75 Å². The molecule has 0 saturated heterocycles. The first kappa shape index (κ1) is 13.5. The van der Waals surface area contributed by atoms with Gasteiger partial charge in [0, 0.05) is 36.1 Å². The van der Waals surface area contributed by atoms with E-state index < -0.39 is 5.82 Å². The Kier molecular flexibility index (Phi) is 4.12. The lowest BCUT2D eigenvalue weighted by molar-refractivity contribution is 0.454. The molecule has 3 nitrogen and oxygen atoms in total. The van der Waals surface area contributed by atoms with Gasteiger partial charge in [-0.1, -0.05) is 6.07 Å². The first-order valence-electron chi connectivity index (χ1n) is 6.22. The third-order valence-corrected chi connectivity index (χ3v) is 3.16. The Morgan fingerprint density at radius 3 is 2.42 bits per heavy atom. The number of nitrogens with one attached hydrogen (secondary N) is 1.